The van der Waals surface area contributed by atoms with Gasteiger partial charge in [0.15, 0.2) is 0 Å². The molecule has 1 N–H and O–H groups in total. The molecule has 120 valence electrons. The van der Waals surface area contributed by atoms with Gasteiger partial charge in [0.2, 0.25) is 11.8 Å². The number of aryl methyl sites for hydroxylation is 1. The molecule has 0 unspecified atom stereocenters. The van der Waals surface area contributed by atoms with Crippen LogP contribution in [0.5, 0.6) is 0 Å². The second-order valence-electron chi connectivity index (χ2n) is 6.47. The van der Waals surface area contributed by atoms with Crippen LogP contribution < -0.4 is 5.32 Å². The third-order valence-electron chi connectivity index (χ3n) is 4.25. The van der Waals surface area contributed by atoms with Crippen molar-refractivity contribution < 1.29 is 9.59 Å². The zero-order chi connectivity index (χ0) is 16.1. The van der Waals surface area contributed by atoms with Crippen LogP contribution in [0.1, 0.15) is 39.2 Å². The number of amides is 2. The van der Waals surface area contributed by atoms with Crippen molar-refractivity contribution >= 4 is 11.8 Å². The molecule has 1 fully saturated rings. The van der Waals surface area contributed by atoms with Crippen molar-refractivity contribution in [3.05, 3.63) is 35.9 Å². The van der Waals surface area contributed by atoms with Gasteiger partial charge >= 0.3 is 0 Å². The van der Waals surface area contributed by atoms with E-state index >= 15 is 0 Å². The van der Waals surface area contributed by atoms with Gasteiger partial charge in [0.05, 0.1) is 5.92 Å². The lowest BCUT2D eigenvalue weighted by Gasteiger charge is -2.21. The molecule has 22 heavy (non-hydrogen) atoms. The third-order valence-corrected chi connectivity index (χ3v) is 4.25. The van der Waals surface area contributed by atoms with Gasteiger partial charge in [-0.3, -0.25) is 9.59 Å². The fourth-order valence-electron chi connectivity index (χ4n) is 2.87. The molecule has 0 aromatic heterocycles. The molecule has 4 heteroatoms. The normalized spacial score (nSPS) is 19.5. The Bertz CT molecular complexity index is 513. The number of benzene rings is 1. The maximum absolute atomic E-state index is 12.3. The van der Waals surface area contributed by atoms with E-state index in [0.29, 0.717) is 13.0 Å². The Kier molecular flexibility index (Phi) is 5.58. The van der Waals surface area contributed by atoms with Crippen LogP contribution in [0.15, 0.2) is 30.3 Å². The molecule has 1 heterocycles. The smallest absolute Gasteiger partial charge is 0.225 e. The van der Waals surface area contributed by atoms with Crippen LogP contribution in [0.25, 0.3) is 0 Å². The van der Waals surface area contributed by atoms with Gasteiger partial charge in [-0.25, -0.2) is 0 Å². The molecule has 0 bridgehead atoms. The molecule has 0 saturated carbocycles. The monoisotopic (exact) mass is 302 g/mol. The molecule has 1 aromatic rings. The Labute approximate surface area is 132 Å². The predicted molar refractivity (Wildman–Crippen MR) is 87.3 cm³/mol. The topological polar surface area (TPSA) is 49.4 Å². The largest absolute Gasteiger partial charge is 0.353 e. The first-order valence-corrected chi connectivity index (χ1v) is 8.11. The number of carbonyl (C=O) groups is 2. The number of hydrogen-bond acceptors (Lipinski definition) is 2. The van der Waals surface area contributed by atoms with E-state index in [1.807, 2.05) is 39.0 Å². The van der Waals surface area contributed by atoms with E-state index in [1.165, 1.54) is 5.56 Å². The van der Waals surface area contributed by atoms with Gasteiger partial charge in [-0.2, -0.15) is 0 Å². The molecule has 2 rings (SSSR count). The quantitative estimate of drug-likeness (QED) is 0.877. The van der Waals surface area contributed by atoms with Crippen molar-refractivity contribution in [2.45, 2.75) is 52.1 Å². The lowest BCUT2D eigenvalue weighted by molar-refractivity contribution is -0.130. The van der Waals surface area contributed by atoms with E-state index < -0.39 is 0 Å². The van der Waals surface area contributed by atoms with E-state index in [1.54, 1.807) is 4.90 Å². The van der Waals surface area contributed by atoms with E-state index in [4.69, 9.17) is 0 Å². The van der Waals surface area contributed by atoms with Crippen molar-refractivity contribution in [3.8, 4) is 0 Å². The Morgan fingerprint density at radius 3 is 2.55 bits per heavy atom. The van der Waals surface area contributed by atoms with Gasteiger partial charge in [0, 0.05) is 25.0 Å². The highest BCUT2D eigenvalue weighted by molar-refractivity contribution is 5.89. The fourth-order valence-corrected chi connectivity index (χ4v) is 2.87. The lowest BCUT2D eigenvalue weighted by atomic mass is 10.0. The van der Waals surface area contributed by atoms with Crippen LogP contribution in [-0.4, -0.2) is 35.3 Å². The van der Waals surface area contributed by atoms with Crippen molar-refractivity contribution in [1.82, 2.24) is 10.2 Å². The number of likely N-dealkylation sites (tertiary alicyclic amines) is 1. The zero-order valence-corrected chi connectivity index (χ0v) is 13.7. The van der Waals surface area contributed by atoms with Gasteiger partial charge in [0.25, 0.3) is 0 Å². The van der Waals surface area contributed by atoms with Crippen LogP contribution in [0.2, 0.25) is 0 Å². The molecule has 0 aliphatic carbocycles. The summed E-state index contributed by atoms with van der Waals surface area (Å²) in [6, 6.07) is 10.6. The predicted octanol–water partition coefficient (Wildman–Crippen LogP) is 2.38. The SMILES string of the molecule is CC(C)N1C[C@@H](C(=O)N[C@@H](C)CCc2ccccc2)CC1=O. The Morgan fingerprint density at radius 2 is 1.95 bits per heavy atom. The van der Waals surface area contributed by atoms with Crippen molar-refractivity contribution in [2.24, 2.45) is 5.92 Å². The summed E-state index contributed by atoms with van der Waals surface area (Å²) in [5.41, 5.74) is 1.28. The summed E-state index contributed by atoms with van der Waals surface area (Å²) < 4.78 is 0. The number of carbonyl (C=O) groups excluding carboxylic acids is 2. The van der Waals surface area contributed by atoms with Gasteiger partial charge in [0.1, 0.15) is 0 Å². The summed E-state index contributed by atoms with van der Waals surface area (Å²) in [5.74, 6) is -0.0989. The summed E-state index contributed by atoms with van der Waals surface area (Å²) >= 11 is 0. The number of nitrogens with zero attached hydrogens (tertiary/aromatic N) is 1. The molecule has 0 spiro atoms. The van der Waals surface area contributed by atoms with E-state index in [2.05, 4.69) is 17.4 Å². The molecule has 0 radical (unpaired) electrons. The van der Waals surface area contributed by atoms with Crippen LogP contribution in [0.3, 0.4) is 0 Å². The Hall–Kier alpha value is -1.84. The summed E-state index contributed by atoms with van der Waals surface area (Å²) in [7, 11) is 0. The van der Waals surface area contributed by atoms with Crippen molar-refractivity contribution in [1.29, 1.82) is 0 Å². The molecule has 4 nitrogen and oxygen atoms in total. The number of hydrogen-bond donors (Lipinski definition) is 1. The van der Waals surface area contributed by atoms with E-state index in [-0.39, 0.29) is 29.8 Å². The summed E-state index contributed by atoms with van der Waals surface area (Å²) in [5, 5.41) is 3.05. The third kappa shape index (κ3) is 4.33. The molecule has 1 aliphatic heterocycles. The fraction of sp³-hybridized carbons (Fsp3) is 0.556. The molecule has 1 saturated heterocycles. The average molecular weight is 302 g/mol. The second kappa shape index (κ2) is 7.43. The van der Waals surface area contributed by atoms with Gasteiger partial charge < -0.3 is 10.2 Å². The van der Waals surface area contributed by atoms with Gasteiger partial charge in [-0.15, -0.1) is 0 Å². The minimum Gasteiger partial charge on any atom is -0.353 e. The summed E-state index contributed by atoms with van der Waals surface area (Å²) in [4.78, 5) is 26.0. The highest BCUT2D eigenvalue weighted by atomic mass is 16.2. The van der Waals surface area contributed by atoms with E-state index in [9.17, 15) is 9.59 Å². The first-order chi connectivity index (χ1) is 10.5. The van der Waals surface area contributed by atoms with Crippen molar-refractivity contribution in [2.75, 3.05) is 6.54 Å². The first kappa shape index (κ1) is 16.5. The standard InChI is InChI=1S/C18H26N2O2/c1-13(2)20-12-16(11-17(20)21)18(22)19-14(3)9-10-15-7-5-4-6-8-15/h4-8,13-14,16H,9-12H2,1-3H3,(H,19,22)/t14-,16-/m0/s1. The van der Waals surface area contributed by atoms with Crippen LogP contribution in [0.4, 0.5) is 0 Å². The Morgan fingerprint density at radius 1 is 1.27 bits per heavy atom. The average Bonchev–Trinajstić information content (AvgIpc) is 2.88. The molecule has 2 amide bonds. The minimum absolute atomic E-state index is 0.0112. The van der Waals surface area contributed by atoms with Gasteiger partial charge in [-0.1, -0.05) is 30.3 Å². The van der Waals surface area contributed by atoms with Crippen molar-refractivity contribution in [3.63, 3.8) is 0 Å². The Balaban J connectivity index is 1.78. The highest BCUT2D eigenvalue weighted by Gasteiger charge is 2.35. The number of nitrogens with one attached hydrogen (secondary N) is 1. The van der Waals surface area contributed by atoms with Crippen LogP contribution >= 0.6 is 0 Å². The minimum atomic E-state index is -0.200. The first-order valence-electron chi connectivity index (χ1n) is 8.11. The molecular weight excluding hydrogens is 276 g/mol. The summed E-state index contributed by atoms with van der Waals surface area (Å²) in [6.45, 7) is 6.55. The van der Waals surface area contributed by atoms with E-state index in [0.717, 1.165) is 12.8 Å². The molecular formula is C18H26N2O2. The molecule has 1 aliphatic rings. The summed E-state index contributed by atoms with van der Waals surface area (Å²) in [6.07, 6.45) is 2.20. The van der Waals surface area contributed by atoms with Crippen LogP contribution in [-0.2, 0) is 16.0 Å². The van der Waals surface area contributed by atoms with Gasteiger partial charge in [-0.05, 0) is 39.2 Å². The molecule has 2 atom stereocenters. The molecule has 1 aromatic carbocycles. The maximum atomic E-state index is 12.3. The van der Waals surface area contributed by atoms with Crippen LogP contribution in [0, 0.1) is 5.92 Å². The zero-order valence-electron chi connectivity index (χ0n) is 13.7. The highest BCUT2D eigenvalue weighted by Crippen LogP contribution is 2.20. The maximum Gasteiger partial charge on any atom is 0.225 e. The second-order valence-corrected chi connectivity index (χ2v) is 6.47. The number of rotatable bonds is 6. The lowest BCUT2D eigenvalue weighted by Crippen LogP contribution is -2.39.